The molecule has 0 N–H and O–H groups in total. The molecule has 0 fully saturated rings. The maximum absolute atomic E-state index is 8.49. The molecular weight excluding hydrogens is 428 g/mol. The standard InChI is InChI=1S/C22H27S2.ClHO4/c1-3-5-7-13-18(12-6-4-2)24-21-16-10-8-14-19(21)23-20-15-9-11-17-22(20)24;2-1(3,4)5/h8-11,13-17H,3-7,12H2,1-2H3;(H,2,3,4,5)/q+1;/p-1/b18-13-;. The second kappa shape index (κ2) is 12.0. The topological polar surface area (TPSA) is 92.2 Å². The lowest BCUT2D eigenvalue weighted by molar-refractivity contribution is -2.00. The Kier molecular flexibility index (Phi) is 10.1. The third-order valence-electron chi connectivity index (χ3n) is 4.33. The van der Waals surface area contributed by atoms with Gasteiger partial charge in [0.2, 0.25) is 0 Å². The van der Waals surface area contributed by atoms with E-state index in [9.17, 15) is 0 Å². The minimum Gasteiger partial charge on any atom is -0.222 e. The van der Waals surface area contributed by atoms with E-state index in [2.05, 4.69) is 68.5 Å². The number of halogens is 1. The van der Waals surface area contributed by atoms with E-state index in [4.69, 9.17) is 18.6 Å². The SMILES string of the molecule is CCCC/C=C(/CCCC)[S+]1c2ccccc2Sc2ccccc21.[O-][Cl+3]([O-])([O-])[O-]. The highest BCUT2D eigenvalue weighted by atomic mass is 35.7. The van der Waals surface area contributed by atoms with Crippen LogP contribution in [0.25, 0.3) is 0 Å². The lowest BCUT2D eigenvalue weighted by Gasteiger charge is -2.20. The molecule has 0 bridgehead atoms. The van der Waals surface area contributed by atoms with E-state index in [1.165, 1.54) is 58.1 Å². The summed E-state index contributed by atoms with van der Waals surface area (Å²) in [6, 6.07) is 18.0. The van der Waals surface area contributed by atoms with Crippen LogP contribution in [-0.4, -0.2) is 0 Å². The molecule has 29 heavy (non-hydrogen) atoms. The first-order valence-electron chi connectivity index (χ1n) is 9.76. The predicted molar refractivity (Wildman–Crippen MR) is 108 cm³/mol. The van der Waals surface area contributed by atoms with E-state index in [-0.39, 0.29) is 10.9 Å². The van der Waals surface area contributed by atoms with Crippen LogP contribution >= 0.6 is 11.8 Å². The van der Waals surface area contributed by atoms with Crippen molar-refractivity contribution in [1.82, 2.24) is 0 Å². The first-order chi connectivity index (χ1) is 13.8. The average molecular weight is 455 g/mol. The molecule has 1 aliphatic heterocycles. The summed E-state index contributed by atoms with van der Waals surface area (Å²) >= 11 is 1.94. The zero-order valence-electron chi connectivity index (χ0n) is 16.8. The van der Waals surface area contributed by atoms with Gasteiger partial charge in [-0.1, -0.05) is 62.7 Å². The van der Waals surface area contributed by atoms with Gasteiger partial charge in [0.1, 0.15) is 4.91 Å². The number of hydrogen-bond acceptors (Lipinski definition) is 5. The largest absolute Gasteiger partial charge is 0.222 e. The van der Waals surface area contributed by atoms with Gasteiger partial charge in [-0.05, 0) is 49.6 Å². The van der Waals surface area contributed by atoms with E-state index in [1.54, 1.807) is 4.91 Å². The van der Waals surface area contributed by atoms with Crippen LogP contribution < -0.4 is 18.6 Å². The normalized spacial score (nSPS) is 13.9. The van der Waals surface area contributed by atoms with Gasteiger partial charge in [-0.15, -0.1) is 10.2 Å². The van der Waals surface area contributed by atoms with Crippen molar-refractivity contribution < 1.29 is 28.9 Å². The maximum atomic E-state index is 8.49. The number of rotatable bonds is 7. The fourth-order valence-electron chi connectivity index (χ4n) is 3.03. The van der Waals surface area contributed by atoms with Crippen molar-refractivity contribution in [2.75, 3.05) is 0 Å². The molecule has 0 spiro atoms. The zero-order chi connectivity index (χ0) is 21.3. The Labute approximate surface area is 182 Å². The minimum atomic E-state index is -4.94. The molecule has 0 aliphatic carbocycles. The first kappa shape index (κ1) is 24.3. The molecule has 0 radical (unpaired) electrons. The van der Waals surface area contributed by atoms with E-state index < -0.39 is 10.2 Å². The maximum Gasteiger partial charge on any atom is 0.180 e. The van der Waals surface area contributed by atoms with Gasteiger partial charge in [-0.3, -0.25) is 0 Å². The molecule has 3 rings (SSSR count). The van der Waals surface area contributed by atoms with E-state index in [1.807, 2.05) is 11.8 Å². The molecule has 0 unspecified atom stereocenters. The first-order valence-corrected chi connectivity index (χ1v) is 13.0. The molecule has 1 aliphatic rings. The number of allylic oxidation sites excluding steroid dienone is 2. The van der Waals surface area contributed by atoms with Crippen molar-refractivity contribution in [3.05, 3.63) is 59.5 Å². The summed E-state index contributed by atoms with van der Waals surface area (Å²) in [6.45, 7) is 4.58. The fraction of sp³-hybridized carbons (Fsp3) is 0.364. The monoisotopic (exact) mass is 454 g/mol. The summed E-state index contributed by atoms with van der Waals surface area (Å²) in [7, 11) is -4.84. The second-order valence-electron chi connectivity index (χ2n) is 6.60. The lowest BCUT2D eigenvalue weighted by Crippen LogP contribution is -2.68. The van der Waals surface area contributed by atoms with Gasteiger partial charge in [0.25, 0.3) is 0 Å². The number of fused-ring (bicyclic) bond motifs is 2. The number of hydrogen-bond donors (Lipinski definition) is 0. The Bertz CT molecular complexity index is 754. The van der Waals surface area contributed by atoms with Crippen molar-refractivity contribution >= 4 is 22.7 Å². The molecule has 7 heteroatoms. The summed E-state index contributed by atoms with van der Waals surface area (Å²) in [5.41, 5.74) is 0. The molecule has 4 nitrogen and oxygen atoms in total. The Hall–Kier alpha value is -0.990. The zero-order valence-corrected chi connectivity index (χ0v) is 19.2. The average Bonchev–Trinajstić information content (AvgIpc) is 2.68. The van der Waals surface area contributed by atoms with Crippen molar-refractivity contribution in [1.29, 1.82) is 0 Å². The number of benzene rings is 2. The van der Waals surface area contributed by atoms with Gasteiger partial charge in [-0.2, -0.15) is 0 Å². The highest BCUT2D eigenvalue weighted by Crippen LogP contribution is 2.48. The molecule has 0 atom stereocenters. The summed E-state index contributed by atoms with van der Waals surface area (Å²) in [6.07, 6.45) is 10.1. The summed E-state index contributed by atoms with van der Waals surface area (Å²) in [5.74, 6) is 0. The van der Waals surface area contributed by atoms with Crippen LogP contribution in [0.4, 0.5) is 0 Å². The third-order valence-corrected chi connectivity index (χ3v) is 8.22. The Balaban J connectivity index is 0.000000537. The Morgan fingerprint density at radius 2 is 1.34 bits per heavy atom. The molecule has 0 saturated carbocycles. The molecule has 0 aromatic heterocycles. The van der Waals surface area contributed by atoms with E-state index in [0.717, 1.165) is 0 Å². The van der Waals surface area contributed by atoms with Crippen molar-refractivity contribution in [2.24, 2.45) is 0 Å². The Morgan fingerprint density at radius 1 is 0.862 bits per heavy atom. The summed E-state index contributed by atoms with van der Waals surface area (Å²) in [4.78, 5) is 7.60. The van der Waals surface area contributed by atoms with Crippen LogP contribution in [0.3, 0.4) is 0 Å². The minimum absolute atomic E-state index is 0.103. The molecular formula is C22H27ClO4S2. The molecule has 0 amide bonds. The van der Waals surface area contributed by atoms with Gasteiger partial charge in [-0.25, -0.2) is 18.6 Å². The molecule has 158 valence electrons. The van der Waals surface area contributed by atoms with Gasteiger partial charge in [0, 0.05) is 6.42 Å². The molecule has 2 aromatic rings. The van der Waals surface area contributed by atoms with Crippen LogP contribution in [0, 0.1) is 10.2 Å². The number of unbranched alkanes of at least 4 members (excludes halogenated alkanes) is 3. The lowest BCUT2D eigenvalue weighted by atomic mass is 10.2. The third kappa shape index (κ3) is 7.98. The van der Waals surface area contributed by atoms with Crippen LogP contribution in [0.1, 0.15) is 52.4 Å². The molecule has 0 saturated heterocycles. The van der Waals surface area contributed by atoms with Crippen molar-refractivity contribution in [3.63, 3.8) is 0 Å². The highest BCUT2D eigenvalue weighted by Gasteiger charge is 2.38. The van der Waals surface area contributed by atoms with Crippen LogP contribution in [0.2, 0.25) is 0 Å². The quantitative estimate of drug-likeness (QED) is 0.473. The van der Waals surface area contributed by atoms with Crippen LogP contribution in [0.5, 0.6) is 0 Å². The van der Waals surface area contributed by atoms with Crippen molar-refractivity contribution in [2.45, 2.75) is 72.0 Å². The van der Waals surface area contributed by atoms with Gasteiger partial charge in [0.15, 0.2) is 9.79 Å². The Morgan fingerprint density at radius 3 is 1.83 bits per heavy atom. The molecule has 1 heterocycles. The van der Waals surface area contributed by atoms with Gasteiger partial charge in [0.05, 0.1) is 20.7 Å². The molecule has 2 aromatic carbocycles. The fourth-order valence-corrected chi connectivity index (χ4v) is 7.05. The smallest absolute Gasteiger partial charge is 0.180 e. The van der Waals surface area contributed by atoms with Crippen LogP contribution in [0.15, 0.2) is 79.1 Å². The summed E-state index contributed by atoms with van der Waals surface area (Å²) in [5, 5.41) is 0. The summed E-state index contributed by atoms with van der Waals surface area (Å²) < 4.78 is 34.0. The van der Waals surface area contributed by atoms with E-state index >= 15 is 0 Å². The predicted octanol–water partition coefficient (Wildman–Crippen LogP) is 2.70. The van der Waals surface area contributed by atoms with Gasteiger partial charge < -0.3 is 0 Å². The highest BCUT2D eigenvalue weighted by molar-refractivity contribution is 8.05. The van der Waals surface area contributed by atoms with Gasteiger partial charge >= 0.3 is 0 Å². The van der Waals surface area contributed by atoms with Crippen LogP contribution in [-0.2, 0) is 10.9 Å². The second-order valence-corrected chi connectivity index (χ2v) is 10.5. The van der Waals surface area contributed by atoms with E-state index in [0.29, 0.717) is 0 Å². The van der Waals surface area contributed by atoms with Crippen molar-refractivity contribution in [3.8, 4) is 0 Å².